The van der Waals surface area contributed by atoms with Crippen molar-refractivity contribution in [3.8, 4) is 0 Å². The van der Waals surface area contributed by atoms with Gasteiger partial charge in [-0.15, -0.1) is 0 Å². The van der Waals surface area contributed by atoms with Crippen LogP contribution in [0.2, 0.25) is 0 Å². The molecule has 1 atom stereocenters. The van der Waals surface area contributed by atoms with Crippen LogP contribution in [0.25, 0.3) is 0 Å². The molecule has 0 amide bonds. The molecule has 0 fully saturated rings. The van der Waals surface area contributed by atoms with E-state index < -0.39 is 0 Å². The minimum absolute atomic E-state index is 0.0520. The van der Waals surface area contributed by atoms with Gasteiger partial charge in [0.1, 0.15) is 5.78 Å². The first-order chi connectivity index (χ1) is 5.20. The first kappa shape index (κ1) is 8.43. The lowest BCUT2D eigenvalue weighted by Gasteiger charge is -2.04. The monoisotopic (exact) mass is 169 g/mol. The van der Waals surface area contributed by atoms with Crippen LogP contribution in [0.4, 0.5) is 0 Å². The van der Waals surface area contributed by atoms with Crippen molar-refractivity contribution >= 4 is 17.1 Å². The van der Waals surface area contributed by atoms with E-state index in [0.29, 0.717) is 6.42 Å². The molecule has 0 aliphatic rings. The molecule has 2 nitrogen and oxygen atoms in total. The van der Waals surface area contributed by atoms with Crippen LogP contribution >= 0.6 is 11.3 Å². The highest BCUT2D eigenvalue weighted by Gasteiger charge is 2.08. The van der Waals surface area contributed by atoms with Crippen LogP contribution in [0.5, 0.6) is 0 Å². The summed E-state index contributed by atoms with van der Waals surface area (Å²) < 4.78 is 0. The van der Waals surface area contributed by atoms with Gasteiger partial charge in [0.15, 0.2) is 0 Å². The van der Waals surface area contributed by atoms with Crippen molar-refractivity contribution in [1.29, 1.82) is 0 Å². The Labute approximate surface area is 70.0 Å². The molecule has 0 unspecified atom stereocenters. The fourth-order valence-corrected chi connectivity index (χ4v) is 1.49. The van der Waals surface area contributed by atoms with Crippen molar-refractivity contribution < 1.29 is 4.79 Å². The second kappa shape index (κ2) is 3.64. The first-order valence-corrected chi connectivity index (χ1v) is 4.41. The fraction of sp³-hybridized carbons (Fsp3) is 0.375. The summed E-state index contributed by atoms with van der Waals surface area (Å²) in [5, 5.41) is 4.00. The first-order valence-electron chi connectivity index (χ1n) is 3.47. The minimum Gasteiger partial charge on any atom is -0.321 e. The summed E-state index contributed by atoms with van der Waals surface area (Å²) in [4.78, 5) is 10.7. The van der Waals surface area contributed by atoms with Crippen molar-refractivity contribution in [1.82, 2.24) is 0 Å². The van der Waals surface area contributed by atoms with Crippen molar-refractivity contribution in [2.45, 2.75) is 19.4 Å². The quantitative estimate of drug-likeness (QED) is 0.739. The normalized spacial score (nSPS) is 12.9. The number of rotatable bonds is 3. The van der Waals surface area contributed by atoms with Gasteiger partial charge in [0, 0.05) is 0 Å². The second-order valence-electron chi connectivity index (χ2n) is 2.55. The standard InChI is InChI=1S/C8H11NOS/c1-6(10)8(9)4-7-2-3-11-5-7/h2-3,5,8H,4,9H2,1H3/t8-/m0/s1. The smallest absolute Gasteiger partial charge is 0.146 e. The van der Waals surface area contributed by atoms with Gasteiger partial charge in [0.2, 0.25) is 0 Å². The van der Waals surface area contributed by atoms with Crippen molar-refractivity contribution in [2.24, 2.45) is 5.73 Å². The molecule has 0 bridgehead atoms. The number of Topliss-reactive ketones (excluding diaryl/α,β-unsaturated/α-hetero) is 1. The van der Waals surface area contributed by atoms with E-state index in [1.807, 2.05) is 16.8 Å². The topological polar surface area (TPSA) is 43.1 Å². The van der Waals surface area contributed by atoms with Gasteiger partial charge in [-0.3, -0.25) is 4.79 Å². The van der Waals surface area contributed by atoms with Crippen LogP contribution in [0, 0.1) is 0 Å². The zero-order chi connectivity index (χ0) is 8.27. The zero-order valence-corrected chi connectivity index (χ0v) is 7.23. The molecular weight excluding hydrogens is 158 g/mol. The second-order valence-corrected chi connectivity index (χ2v) is 3.33. The largest absolute Gasteiger partial charge is 0.321 e. The predicted molar refractivity (Wildman–Crippen MR) is 46.7 cm³/mol. The molecule has 60 valence electrons. The Morgan fingerprint density at radius 3 is 3.00 bits per heavy atom. The maximum absolute atomic E-state index is 10.7. The van der Waals surface area contributed by atoms with Crippen LogP contribution in [0.3, 0.4) is 0 Å². The van der Waals surface area contributed by atoms with E-state index >= 15 is 0 Å². The summed E-state index contributed by atoms with van der Waals surface area (Å²) in [6.45, 7) is 1.52. The van der Waals surface area contributed by atoms with Crippen molar-refractivity contribution in [3.63, 3.8) is 0 Å². The molecule has 0 spiro atoms. The molecule has 11 heavy (non-hydrogen) atoms. The number of ketones is 1. The molecule has 1 aromatic heterocycles. The molecular formula is C8H11NOS. The van der Waals surface area contributed by atoms with Gasteiger partial charge in [-0.1, -0.05) is 0 Å². The number of nitrogens with two attached hydrogens (primary N) is 1. The Bertz CT molecular complexity index is 230. The number of carbonyl (C=O) groups is 1. The van der Waals surface area contributed by atoms with Crippen LogP contribution in [-0.4, -0.2) is 11.8 Å². The minimum atomic E-state index is -0.329. The van der Waals surface area contributed by atoms with Gasteiger partial charge < -0.3 is 5.73 Å². The van der Waals surface area contributed by atoms with Crippen LogP contribution in [-0.2, 0) is 11.2 Å². The third-order valence-electron chi connectivity index (χ3n) is 1.56. The van der Waals surface area contributed by atoms with Crippen molar-refractivity contribution in [3.05, 3.63) is 22.4 Å². The summed E-state index contributed by atoms with van der Waals surface area (Å²) in [6, 6.07) is 1.66. The fourth-order valence-electron chi connectivity index (χ4n) is 0.806. The van der Waals surface area contributed by atoms with Gasteiger partial charge in [0.25, 0.3) is 0 Å². The van der Waals surface area contributed by atoms with Crippen LogP contribution in [0.15, 0.2) is 16.8 Å². The van der Waals surface area contributed by atoms with E-state index in [-0.39, 0.29) is 11.8 Å². The van der Waals surface area contributed by atoms with E-state index in [1.165, 1.54) is 6.92 Å². The lowest BCUT2D eigenvalue weighted by molar-refractivity contribution is -0.118. The maximum atomic E-state index is 10.7. The maximum Gasteiger partial charge on any atom is 0.146 e. The van der Waals surface area contributed by atoms with E-state index in [1.54, 1.807) is 11.3 Å². The van der Waals surface area contributed by atoms with Gasteiger partial charge >= 0.3 is 0 Å². The molecule has 0 aliphatic carbocycles. The molecule has 1 aromatic rings. The number of carbonyl (C=O) groups excluding carboxylic acids is 1. The van der Waals surface area contributed by atoms with Crippen molar-refractivity contribution in [2.75, 3.05) is 0 Å². The van der Waals surface area contributed by atoms with Gasteiger partial charge in [-0.25, -0.2) is 0 Å². The summed E-state index contributed by atoms with van der Waals surface area (Å²) in [7, 11) is 0. The van der Waals surface area contributed by atoms with Crippen LogP contribution in [0.1, 0.15) is 12.5 Å². The average molecular weight is 169 g/mol. The molecule has 1 heterocycles. The summed E-state index contributed by atoms with van der Waals surface area (Å²) >= 11 is 1.63. The molecule has 0 radical (unpaired) electrons. The Kier molecular flexibility index (Phi) is 2.79. The number of thiophene rings is 1. The Morgan fingerprint density at radius 2 is 2.55 bits per heavy atom. The lowest BCUT2D eigenvalue weighted by atomic mass is 10.1. The Balaban J connectivity index is 2.50. The van der Waals surface area contributed by atoms with E-state index in [0.717, 1.165) is 5.56 Å². The predicted octanol–water partition coefficient (Wildman–Crippen LogP) is 1.21. The zero-order valence-electron chi connectivity index (χ0n) is 6.41. The van der Waals surface area contributed by atoms with Crippen LogP contribution < -0.4 is 5.73 Å². The highest BCUT2D eigenvalue weighted by atomic mass is 32.1. The van der Waals surface area contributed by atoms with Gasteiger partial charge in [-0.05, 0) is 35.7 Å². The SMILES string of the molecule is CC(=O)[C@@H](N)Cc1ccsc1. The lowest BCUT2D eigenvalue weighted by Crippen LogP contribution is -2.30. The Morgan fingerprint density at radius 1 is 1.82 bits per heavy atom. The molecule has 0 aliphatic heterocycles. The third-order valence-corrected chi connectivity index (χ3v) is 2.29. The molecule has 3 heteroatoms. The molecule has 2 N–H and O–H groups in total. The Hall–Kier alpha value is -0.670. The number of hydrogen-bond acceptors (Lipinski definition) is 3. The van der Waals surface area contributed by atoms with Gasteiger partial charge in [0.05, 0.1) is 6.04 Å². The molecule has 0 aromatic carbocycles. The van der Waals surface area contributed by atoms with Gasteiger partial charge in [-0.2, -0.15) is 11.3 Å². The van der Waals surface area contributed by atoms with E-state index in [4.69, 9.17) is 5.73 Å². The summed E-state index contributed by atoms with van der Waals surface area (Å²) in [5.74, 6) is 0.0520. The van der Waals surface area contributed by atoms with E-state index in [9.17, 15) is 4.79 Å². The average Bonchev–Trinajstić information content (AvgIpc) is 2.39. The highest BCUT2D eigenvalue weighted by molar-refractivity contribution is 7.07. The highest BCUT2D eigenvalue weighted by Crippen LogP contribution is 2.07. The molecule has 0 saturated carbocycles. The summed E-state index contributed by atoms with van der Waals surface area (Å²) in [6.07, 6.45) is 0.666. The van der Waals surface area contributed by atoms with E-state index in [2.05, 4.69) is 0 Å². The number of hydrogen-bond donors (Lipinski definition) is 1. The summed E-state index contributed by atoms with van der Waals surface area (Å²) in [5.41, 5.74) is 6.71. The molecule has 1 rings (SSSR count). The molecule has 0 saturated heterocycles. The third kappa shape index (κ3) is 2.44.